The average molecular weight is 485 g/mol. The summed E-state index contributed by atoms with van der Waals surface area (Å²) in [4.78, 5) is 41.4. The van der Waals surface area contributed by atoms with Crippen molar-refractivity contribution in [2.45, 2.75) is 12.5 Å². The number of rotatable bonds is 6. The van der Waals surface area contributed by atoms with Gasteiger partial charge < -0.3 is 15.0 Å². The van der Waals surface area contributed by atoms with Crippen molar-refractivity contribution in [1.82, 2.24) is 9.88 Å². The molecule has 3 aromatic carbocycles. The van der Waals surface area contributed by atoms with E-state index in [1.807, 2.05) is 24.3 Å². The summed E-state index contributed by atoms with van der Waals surface area (Å²) in [6, 6.07) is 17.5. The quantitative estimate of drug-likeness (QED) is 0.133. The van der Waals surface area contributed by atoms with Crippen molar-refractivity contribution in [3.05, 3.63) is 117 Å². The van der Waals surface area contributed by atoms with Crippen LogP contribution in [0.15, 0.2) is 84.6 Å². The van der Waals surface area contributed by atoms with E-state index in [1.54, 1.807) is 18.3 Å². The van der Waals surface area contributed by atoms with Crippen molar-refractivity contribution in [3.8, 4) is 0 Å². The number of likely N-dealkylation sites (tertiary alicyclic amines) is 1. The highest BCUT2D eigenvalue weighted by molar-refractivity contribution is 6.46. The van der Waals surface area contributed by atoms with Gasteiger partial charge in [0, 0.05) is 46.9 Å². The van der Waals surface area contributed by atoms with Gasteiger partial charge in [-0.25, -0.2) is 4.39 Å². The minimum atomic E-state index is -0.892. The number of ketones is 1. The van der Waals surface area contributed by atoms with Crippen LogP contribution in [0.2, 0.25) is 0 Å². The smallest absolute Gasteiger partial charge is 0.295 e. The molecule has 1 saturated heterocycles. The molecule has 1 unspecified atom stereocenters. The molecule has 1 atom stereocenters. The Morgan fingerprint density at radius 3 is 2.42 bits per heavy atom. The lowest BCUT2D eigenvalue weighted by molar-refractivity contribution is -0.384. The number of nitro groups is 1. The first kappa shape index (κ1) is 23.0. The second kappa shape index (κ2) is 9.10. The zero-order valence-corrected chi connectivity index (χ0v) is 18.8. The molecule has 0 radical (unpaired) electrons. The van der Waals surface area contributed by atoms with Gasteiger partial charge in [-0.3, -0.25) is 19.7 Å². The number of hydrogen-bond donors (Lipinski definition) is 2. The fourth-order valence-electron chi connectivity index (χ4n) is 4.55. The normalized spacial score (nSPS) is 17.1. The molecule has 36 heavy (non-hydrogen) atoms. The Morgan fingerprint density at radius 2 is 1.72 bits per heavy atom. The van der Waals surface area contributed by atoms with Gasteiger partial charge in [0.15, 0.2) is 0 Å². The number of carbonyl (C=O) groups is 2. The lowest BCUT2D eigenvalue weighted by Crippen LogP contribution is -2.31. The molecule has 1 amide bonds. The summed E-state index contributed by atoms with van der Waals surface area (Å²) in [5.74, 6) is -2.40. The van der Waals surface area contributed by atoms with E-state index < -0.39 is 28.4 Å². The fraction of sp³-hybridized carbons (Fsp3) is 0.111. The maximum Gasteiger partial charge on any atom is 0.295 e. The van der Waals surface area contributed by atoms with Gasteiger partial charge in [0.25, 0.3) is 17.4 Å². The monoisotopic (exact) mass is 485 g/mol. The van der Waals surface area contributed by atoms with Crippen molar-refractivity contribution in [2.24, 2.45) is 0 Å². The number of fused-ring (bicyclic) bond motifs is 1. The number of aromatic amines is 1. The number of aliphatic hydroxyl groups is 1. The number of H-pyrrole nitrogens is 1. The number of para-hydroxylation sites is 1. The fourth-order valence-corrected chi connectivity index (χ4v) is 4.55. The van der Waals surface area contributed by atoms with Gasteiger partial charge in [0.2, 0.25) is 0 Å². The molecule has 1 aromatic heterocycles. The third-order valence-corrected chi connectivity index (χ3v) is 6.36. The number of nitro benzene ring substituents is 1. The highest BCUT2D eigenvalue weighted by Gasteiger charge is 2.46. The standard InChI is InChI=1S/C27H20FN3O5/c28-18-9-5-16(6-10-18)13-14-30-24(21-15-29-22-4-2-1-3-20(21)22)23(26(33)27(30)34)25(32)17-7-11-19(12-8-17)31(35)36/h1-12,15,24,29,32H,13-14H2/b25-23+. The Balaban J connectivity index is 1.61. The van der Waals surface area contributed by atoms with E-state index in [2.05, 4.69) is 4.98 Å². The minimum absolute atomic E-state index is 0.0993. The number of non-ortho nitro benzene ring substituents is 1. The number of aliphatic hydroxyl groups excluding tert-OH is 1. The van der Waals surface area contributed by atoms with Crippen LogP contribution in [-0.4, -0.2) is 38.1 Å². The van der Waals surface area contributed by atoms with Crippen molar-refractivity contribution < 1.29 is 24.0 Å². The molecule has 0 spiro atoms. The summed E-state index contributed by atoms with van der Waals surface area (Å²) in [6.45, 7) is 0.150. The first-order valence-electron chi connectivity index (χ1n) is 11.2. The average Bonchev–Trinajstić information content (AvgIpc) is 3.42. The molecule has 0 aliphatic carbocycles. The molecule has 8 nitrogen and oxygen atoms in total. The second-order valence-electron chi connectivity index (χ2n) is 8.46. The Bertz CT molecular complexity index is 1520. The Kier molecular flexibility index (Phi) is 5.81. The van der Waals surface area contributed by atoms with Gasteiger partial charge in [-0.05, 0) is 42.3 Å². The van der Waals surface area contributed by atoms with Crippen LogP contribution in [-0.2, 0) is 16.0 Å². The zero-order valence-electron chi connectivity index (χ0n) is 18.8. The Labute approximate surface area is 204 Å². The third-order valence-electron chi connectivity index (χ3n) is 6.36. The van der Waals surface area contributed by atoms with Crippen LogP contribution in [0.3, 0.4) is 0 Å². The van der Waals surface area contributed by atoms with E-state index in [-0.39, 0.29) is 29.2 Å². The predicted octanol–water partition coefficient (Wildman–Crippen LogP) is 4.88. The largest absolute Gasteiger partial charge is 0.507 e. The molecule has 4 aromatic rings. The number of Topliss-reactive ketones (excluding diaryl/α,β-unsaturated/α-hetero) is 1. The SMILES string of the molecule is O=C1C(=O)N(CCc2ccc(F)cc2)C(c2c[nH]c3ccccc23)/C1=C(\O)c1ccc([N+](=O)[O-])cc1. The minimum Gasteiger partial charge on any atom is -0.507 e. The van der Waals surface area contributed by atoms with Crippen molar-refractivity contribution in [3.63, 3.8) is 0 Å². The van der Waals surface area contributed by atoms with E-state index in [4.69, 9.17) is 0 Å². The van der Waals surface area contributed by atoms with E-state index in [0.29, 0.717) is 12.0 Å². The molecule has 2 heterocycles. The first-order valence-corrected chi connectivity index (χ1v) is 11.2. The summed E-state index contributed by atoms with van der Waals surface area (Å²) in [7, 11) is 0. The number of amides is 1. The predicted molar refractivity (Wildman–Crippen MR) is 131 cm³/mol. The summed E-state index contributed by atoms with van der Waals surface area (Å²) in [5.41, 5.74) is 2.13. The van der Waals surface area contributed by atoms with Gasteiger partial charge in [-0.1, -0.05) is 30.3 Å². The topological polar surface area (TPSA) is 117 Å². The Morgan fingerprint density at radius 1 is 1.03 bits per heavy atom. The lowest BCUT2D eigenvalue weighted by atomic mass is 9.94. The molecule has 0 bridgehead atoms. The summed E-state index contributed by atoms with van der Waals surface area (Å²) >= 11 is 0. The zero-order chi connectivity index (χ0) is 25.4. The van der Waals surface area contributed by atoms with Gasteiger partial charge in [0.05, 0.1) is 16.5 Å². The van der Waals surface area contributed by atoms with Crippen LogP contribution >= 0.6 is 0 Å². The van der Waals surface area contributed by atoms with Gasteiger partial charge in [0.1, 0.15) is 11.6 Å². The molecular weight excluding hydrogens is 465 g/mol. The van der Waals surface area contributed by atoms with E-state index in [9.17, 15) is 29.2 Å². The molecule has 1 fully saturated rings. The van der Waals surface area contributed by atoms with E-state index >= 15 is 0 Å². The van der Waals surface area contributed by atoms with Crippen LogP contribution in [0.4, 0.5) is 10.1 Å². The molecule has 9 heteroatoms. The van der Waals surface area contributed by atoms with E-state index in [0.717, 1.165) is 16.5 Å². The van der Waals surface area contributed by atoms with Crippen LogP contribution in [0.1, 0.15) is 22.7 Å². The highest BCUT2D eigenvalue weighted by Crippen LogP contribution is 2.42. The number of hydrogen-bond acceptors (Lipinski definition) is 5. The second-order valence-corrected chi connectivity index (χ2v) is 8.46. The van der Waals surface area contributed by atoms with Gasteiger partial charge in [-0.2, -0.15) is 0 Å². The van der Waals surface area contributed by atoms with Crippen LogP contribution in [0.5, 0.6) is 0 Å². The van der Waals surface area contributed by atoms with Crippen LogP contribution in [0.25, 0.3) is 16.7 Å². The molecule has 2 N–H and O–H groups in total. The van der Waals surface area contributed by atoms with Gasteiger partial charge in [-0.15, -0.1) is 0 Å². The van der Waals surface area contributed by atoms with Gasteiger partial charge >= 0.3 is 0 Å². The maximum atomic E-state index is 13.3. The summed E-state index contributed by atoms with van der Waals surface area (Å²) in [6.07, 6.45) is 2.07. The number of nitrogens with one attached hydrogen (secondary N) is 1. The molecule has 1 aliphatic rings. The molecule has 180 valence electrons. The Hall–Kier alpha value is -4.79. The third kappa shape index (κ3) is 4.00. The summed E-state index contributed by atoms with van der Waals surface area (Å²) < 4.78 is 13.3. The molecule has 0 saturated carbocycles. The maximum absolute atomic E-state index is 13.3. The van der Waals surface area contributed by atoms with Crippen molar-refractivity contribution >= 4 is 34.0 Å². The van der Waals surface area contributed by atoms with Crippen LogP contribution in [0, 0.1) is 15.9 Å². The molecular formula is C27H20FN3O5. The number of nitrogens with zero attached hydrogens (tertiary/aromatic N) is 2. The number of aromatic nitrogens is 1. The first-order chi connectivity index (χ1) is 17.3. The molecule has 1 aliphatic heterocycles. The molecule has 5 rings (SSSR count). The van der Waals surface area contributed by atoms with Crippen LogP contribution < -0.4 is 0 Å². The van der Waals surface area contributed by atoms with Crippen molar-refractivity contribution in [1.29, 1.82) is 0 Å². The van der Waals surface area contributed by atoms with Crippen molar-refractivity contribution in [2.75, 3.05) is 6.54 Å². The number of halogens is 1. The number of benzene rings is 3. The summed E-state index contributed by atoms with van der Waals surface area (Å²) in [5, 5.41) is 23.0. The van der Waals surface area contributed by atoms with E-state index in [1.165, 1.54) is 41.3 Å². The highest BCUT2D eigenvalue weighted by atomic mass is 19.1. The lowest BCUT2D eigenvalue weighted by Gasteiger charge is -2.25. The number of carbonyl (C=O) groups excluding carboxylic acids is 2.